The monoisotopic (exact) mass is 360 g/mol. The number of hydroxylamine groups is 1. The molecule has 0 saturated heterocycles. The molecule has 1 unspecified atom stereocenters. The molecule has 1 aromatic carbocycles. The van der Waals surface area contributed by atoms with E-state index in [9.17, 15) is 9.59 Å². The Kier molecular flexibility index (Phi) is 7.47. The summed E-state index contributed by atoms with van der Waals surface area (Å²) in [5.74, 6) is -0.532. The van der Waals surface area contributed by atoms with Crippen LogP contribution in [0.25, 0.3) is 0 Å². The number of nitrogens with zero attached hydrogens (tertiary/aromatic N) is 2. The van der Waals surface area contributed by atoms with Gasteiger partial charge in [-0.2, -0.15) is 0 Å². The van der Waals surface area contributed by atoms with E-state index in [1.165, 1.54) is 12.0 Å². The SMILES string of the molecule is CCCCCN(Cc1ccccc1)C(=O)N1C=C(NOC)CC1C(N)=O. The van der Waals surface area contributed by atoms with Crippen molar-refractivity contribution in [1.29, 1.82) is 0 Å². The quantitative estimate of drug-likeness (QED) is 0.523. The number of rotatable bonds is 9. The first kappa shape index (κ1) is 19.8. The van der Waals surface area contributed by atoms with Gasteiger partial charge in [-0.25, -0.2) is 4.79 Å². The minimum Gasteiger partial charge on any atom is -0.368 e. The van der Waals surface area contributed by atoms with E-state index in [2.05, 4.69) is 12.4 Å². The van der Waals surface area contributed by atoms with Crippen molar-refractivity contribution >= 4 is 11.9 Å². The number of urea groups is 1. The van der Waals surface area contributed by atoms with Crippen LogP contribution < -0.4 is 11.2 Å². The highest BCUT2D eigenvalue weighted by molar-refractivity contribution is 5.88. The largest absolute Gasteiger partial charge is 0.368 e. The van der Waals surface area contributed by atoms with E-state index in [0.717, 1.165) is 24.8 Å². The molecule has 142 valence electrons. The molecule has 3 N–H and O–H groups in total. The highest BCUT2D eigenvalue weighted by atomic mass is 16.6. The summed E-state index contributed by atoms with van der Waals surface area (Å²) in [6, 6.07) is 8.90. The maximum Gasteiger partial charge on any atom is 0.325 e. The van der Waals surface area contributed by atoms with Crippen molar-refractivity contribution in [2.45, 2.75) is 45.2 Å². The van der Waals surface area contributed by atoms with Crippen LogP contribution in [0.3, 0.4) is 0 Å². The number of unbranched alkanes of at least 4 members (excludes halogenated alkanes) is 2. The molecule has 26 heavy (non-hydrogen) atoms. The van der Waals surface area contributed by atoms with Crippen molar-refractivity contribution < 1.29 is 14.4 Å². The molecule has 1 atom stereocenters. The maximum absolute atomic E-state index is 13.1. The lowest BCUT2D eigenvalue weighted by molar-refractivity contribution is -0.121. The molecule has 1 aliphatic heterocycles. The molecular weight excluding hydrogens is 332 g/mol. The number of hydrogen-bond acceptors (Lipinski definition) is 4. The number of nitrogens with two attached hydrogens (primary N) is 1. The summed E-state index contributed by atoms with van der Waals surface area (Å²) in [6.07, 6.45) is 4.96. The summed E-state index contributed by atoms with van der Waals surface area (Å²) in [6.45, 7) is 3.25. The van der Waals surface area contributed by atoms with Gasteiger partial charge in [-0.3, -0.25) is 20.0 Å². The number of carbonyl (C=O) groups excluding carboxylic acids is 2. The third-order valence-electron chi connectivity index (χ3n) is 4.34. The predicted molar refractivity (Wildman–Crippen MR) is 99.4 cm³/mol. The van der Waals surface area contributed by atoms with Crippen molar-refractivity contribution in [3.63, 3.8) is 0 Å². The molecule has 1 aromatic rings. The first-order chi connectivity index (χ1) is 12.6. The van der Waals surface area contributed by atoms with Crippen LogP contribution in [-0.2, 0) is 16.2 Å². The number of hydrogen-bond donors (Lipinski definition) is 2. The topological polar surface area (TPSA) is 87.9 Å². The number of carbonyl (C=O) groups is 2. The first-order valence-electron chi connectivity index (χ1n) is 8.97. The van der Waals surface area contributed by atoms with Gasteiger partial charge in [-0.1, -0.05) is 50.1 Å². The van der Waals surface area contributed by atoms with Crippen molar-refractivity contribution in [2.24, 2.45) is 5.73 Å². The summed E-state index contributed by atoms with van der Waals surface area (Å²) >= 11 is 0. The summed E-state index contributed by atoms with van der Waals surface area (Å²) in [7, 11) is 1.48. The van der Waals surface area contributed by atoms with Crippen LogP contribution in [-0.4, -0.2) is 41.4 Å². The third-order valence-corrected chi connectivity index (χ3v) is 4.34. The van der Waals surface area contributed by atoms with Crippen molar-refractivity contribution in [2.75, 3.05) is 13.7 Å². The highest BCUT2D eigenvalue weighted by Crippen LogP contribution is 2.22. The van der Waals surface area contributed by atoms with Gasteiger partial charge in [-0.15, -0.1) is 0 Å². The molecule has 2 rings (SSSR count). The van der Waals surface area contributed by atoms with Crippen molar-refractivity contribution in [3.8, 4) is 0 Å². The molecule has 1 aliphatic rings. The first-order valence-corrected chi connectivity index (χ1v) is 8.97. The third kappa shape index (κ3) is 5.23. The van der Waals surface area contributed by atoms with Crippen molar-refractivity contribution in [1.82, 2.24) is 15.3 Å². The van der Waals surface area contributed by atoms with Gasteiger partial charge in [0.1, 0.15) is 6.04 Å². The lowest BCUT2D eigenvalue weighted by Gasteiger charge is -2.30. The maximum atomic E-state index is 13.1. The highest BCUT2D eigenvalue weighted by Gasteiger charge is 2.35. The van der Waals surface area contributed by atoms with E-state index < -0.39 is 11.9 Å². The normalized spacial score (nSPS) is 16.3. The Bertz CT molecular complexity index is 633. The standard InChI is InChI=1S/C19H28N4O3/c1-3-4-8-11-22(13-15-9-6-5-7-10-15)19(25)23-14-16(21-26-2)12-17(23)18(20)24/h5-7,9-10,14,17,21H,3-4,8,11-13H2,1-2H3,(H2,20,24). The second-order valence-electron chi connectivity index (χ2n) is 6.39. The molecule has 0 aliphatic carbocycles. The fourth-order valence-corrected chi connectivity index (χ4v) is 3.00. The Labute approximate surface area is 154 Å². The van der Waals surface area contributed by atoms with Gasteiger partial charge < -0.3 is 10.6 Å². The van der Waals surface area contributed by atoms with Gasteiger partial charge in [0.05, 0.1) is 12.8 Å². The molecule has 7 heteroatoms. The fraction of sp³-hybridized carbons (Fsp3) is 0.474. The number of nitrogens with one attached hydrogen (secondary N) is 1. The molecule has 0 radical (unpaired) electrons. The minimum absolute atomic E-state index is 0.221. The summed E-state index contributed by atoms with van der Waals surface area (Å²) < 4.78 is 0. The van der Waals surface area contributed by atoms with E-state index in [-0.39, 0.29) is 6.03 Å². The number of amides is 3. The Hall–Kier alpha value is -2.54. The van der Waals surface area contributed by atoms with Crippen LogP contribution in [0.2, 0.25) is 0 Å². The van der Waals surface area contributed by atoms with Gasteiger partial charge in [-0.05, 0) is 12.0 Å². The summed E-state index contributed by atoms with van der Waals surface area (Å²) in [5.41, 5.74) is 9.90. The van der Waals surface area contributed by atoms with Gasteiger partial charge in [0, 0.05) is 25.7 Å². The Morgan fingerprint density at radius 3 is 2.65 bits per heavy atom. The molecular formula is C19H28N4O3. The van der Waals surface area contributed by atoms with E-state index in [4.69, 9.17) is 10.6 Å². The second kappa shape index (κ2) is 9.82. The van der Waals surface area contributed by atoms with Gasteiger partial charge in [0.2, 0.25) is 5.91 Å². The average Bonchev–Trinajstić information content (AvgIpc) is 3.06. The van der Waals surface area contributed by atoms with Crippen LogP contribution in [0, 0.1) is 0 Å². The van der Waals surface area contributed by atoms with Crippen LogP contribution in [0.5, 0.6) is 0 Å². The molecule has 0 saturated carbocycles. The van der Waals surface area contributed by atoms with E-state index in [1.807, 2.05) is 30.3 Å². The fourth-order valence-electron chi connectivity index (χ4n) is 3.00. The van der Waals surface area contributed by atoms with Crippen LogP contribution in [0.4, 0.5) is 4.79 Å². The molecule has 1 heterocycles. The van der Waals surface area contributed by atoms with E-state index in [0.29, 0.717) is 25.2 Å². The zero-order chi connectivity index (χ0) is 18.9. The molecule has 0 fully saturated rings. The van der Waals surface area contributed by atoms with Gasteiger partial charge in [0.15, 0.2) is 0 Å². The number of benzene rings is 1. The molecule has 0 spiro atoms. The number of primary amides is 1. The lowest BCUT2D eigenvalue weighted by Crippen LogP contribution is -2.48. The summed E-state index contributed by atoms with van der Waals surface area (Å²) in [5, 5.41) is 0. The van der Waals surface area contributed by atoms with Crippen LogP contribution in [0.1, 0.15) is 38.2 Å². The Morgan fingerprint density at radius 2 is 2.04 bits per heavy atom. The average molecular weight is 360 g/mol. The van der Waals surface area contributed by atoms with Crippen molar-refractivity contribution in [3.05, 3.63) is 47.8 Å². The van der Waals surface area contributed by atoms with Gasteiger partial charge >= 0.3 is 6.03 Å². The minimum atomic E-state index is -0.704. The van der Waals surface area contributed by atoms with Gasteiger partial charge in [0.25, 0.3) is 0 Å². The zero-order valence-corrected chi connectivity index (χ0v) is 15.5. The van der Waals surface area contributed by atoms with Crippen LogP contribution >= 0.6 is 0 Å². The molecule has 0 aromatic heterocycles. The molecule has 0 bridgehead atoms. The summed E-state index contributed by atoms with van der Waals surface area (Å²) in [4.78, 5) is 33.0. The zero-order valence-electron chi connectivity index (χ0n) is 15.5. The lowest BCUT2D eigenvalue weighted by atomic mass is 10.2. The molecule has 3 amide bonds. The van der Waals surface area contributed by atoms with Crippen LogP contribution in [0.15, 0.2) is 42.2 Å². The van der Waals surface area contributed by atoms with E-state index in [1.54, 1.807) is 11.1 Å². The molecule has 7 nitrogen and oxygen atoms in total. The second-order valence-corrected chi connectivity index (χ2v) is 6.39. The van der Waals surface area contributed by atoms with E-state index >= 15 is 0 Å². The Morgan fingerprint density at radius 1 is 1.31 bits per heavy atom. The predicted octanol–water partition coefficient (Wildman–Crippen LogP) is 2.35. The smallest absolute Gasteiger partial charge is 0.325 e. The Balaban J connectivity index is 2.18.